The van der Waals surface area contributed by atoms with Gasteiger partial charge in [-0.2, -0.15) is 0 Å². The van der Waals surface area contributed by atoms with E-state index in [1.807, 2.05) is 0 Å². The van der Waals surface area contributed by atoms with Crippen LogP contribution in [0.25, 0.3) is 0 Å². The monoisotopic (exact) mass is 385 g/mol. The van der Waals surface area contributed by atoms with Crippen molar-refractivity contribution in [2.75, 3.05) is 26.1 Å². The van der Waals surface area contributed by atoms with Crippen molar-refractivity contribution in [3.8, 4) is 11.5 Å². The Balaban J connectivity index is 2.04. The van der Waals surface area contributed by atoms with Gasteiger partial charge in [0.2, 0.25) is 0 Å². The first kappa shape index (κ1) is 21.8. The van der Waals surface area contributed by atoms with Crippen molar-refractivity contribution < 1.29 is 19.6 Å². The van der Waals surface area contributed by atoms with Crippen LogP contribution in [0, 0.1) is 5.92 Å². The van der Waals surface area contributed by atoms with Gasteiger partial charge in [-0.3, -0.25) is 4.79 Å². The Morgan fingerprint density at radius 1 is 0.964 bits per heavy atom. The van der Waals surface area contributed by atoms with E-state index in [0.29, 0.717) is 35.6 Å². The maximum Gasteiger partial charge on any atom is 0.279 e. The number of amides is 1. The lowest BCUT2D eigenvalue weighted by Crippen LogP contribution is -2.88. The number of hydrogen-bond acceptors (Lipinski definition) is 3. The van der Waals surface area contributed by atoms with E-state index in [9.17, 15) is 4.79 Å². The number of anilines is 1. The largest absolute Gasteiger partial charge is 0.497 e. The third-order valence-corrected chi connectivity index (χ3v) is 4.94. The van der Waals surface area contributed by atoms with Crippen molar-refractivity contribution in [1.82, 2.24) is 0 Å². The Morgan fingerprint density at radius 3 is 2.14 bits per heavy atom. The third kappa shape index (κ3) is 5.73. The number of benzene rings is 2. The second-order valence-corrected chi connectivity index (χ2v) is 7.65. The van der Waals surface area contributed by atoms with E-state index in [2.05, 4.69) is 62.6 Å². The fraction of sp³-hybridized carbons (Fsp3) is 0.435. The van der Waals surface area contributed by atoms with Crippen molar-refractivity contribution >= 4 is 11.6 Å². The summed E-state index contributed by atoms with van der Waals surface area (Å²) in [6.07, 6.45) is 0. The molecule has 0 saturated heterocycles. The van der Waals surface area contributed by atoms with E-state index < -0.39 is 0 Å². The molecule has 152 valence electrons. The summed E-state index contributed by atoms with van der Waals surface area (Å²) in [6.45, 7) is 9.08. The SMILES string of the molecule is COc1ccc(OC)c(NC(=O)C[NH2+][C@H](c2ccc(C(C)C)cc2)C(C)C)c1. The number of nitrogens with one attached hydrogen (secondary N) is 1. The molecule has 0 fully saturated rings. The summed E-state index contributed by atoms with van der Waals surface area (Å²) < 4.78 is 10.6. The van der Waals surface area contributed by atoms with Crippen molar-refractivity contribution in [2.45, 2.75) is 39.7 Å². The molecule has 0 aromatic heterocycles. The van der Waals surface area contributed by atoms with E-state index in [0.717, 1.165) is 0 Å². The molecule has 0 bridgehead atoms. The highest BCUT2D eigenvalue weighted by Crippen LogP contribution is 2.28. The standard InChI is InChI=1S/C23H32N2O3/c1-15(2)17-7-9-18(10-8-17)23(16(3)4)24-14-22(26)25-20-13-19(27-5)11-12-21(20)28-6/h7-13,15-16,23-24H,14H2,1-6H3,(H,25,26)/p+1/t23-/m0/s1. The summed E-state index contributed by atoms with van der Waals surface area (Å²) in [5.41, 5.74) is 3.18. The number of hydrogen-bond donors (Lipinski definition) is 2. The molecule has 1 amide bonds. The smallest absolute Gasteiger partial charge is 0.279 e. The molecule has 2 rings (SSSR count). The molecular weight excluding hydrogens is 352 g/mol. The quantitative estimate of drug-likeness (QED) is 0.691. The molecule has 5 nitrogen and oxygen atoms in total. The van der Waals surface area contributed by atoms with Gasteiger partial charge in [-0.1, -0.05) is 52.0 Å². The van der Waals surface area contributed by atoms with Crippen molar-refractivity contribution in [3.63, 3.8) is 0 Å². The highest BCUT2D eigenvalue weighted by atomic mass is 16.5. The molecule has 3 N–H and O–H groups in total. The average molecular weight is 386 g/mol. The Kier molecular flexibility index (Phi) is 7.88. The summed E-state index contributed by atoms with van der Waals surface area (Å²) >= 11 is 0. The minimum Gasteiger partial charge on any atom is -0.497 e. The number of ether oxygens (including phenoxy) is 2. The highest BCUT2D eigenvalue weighted by Gasteiger charge is 2.21. The molecule has 28 heavy (non-hydrogen) atoms. The van der Waals surface area contributed by atoms with Gasteiger partial charge in [0.05, 0.1) is 19.9 Å². The third-order valence-electron chi connectivity index (χ3n) is 4.94. The van der Waals surface area contributed by atoms with Crippen LogP contribution >= 0.6 is 0 Å². The summed E-state index contributed by atoms with van der Waals surface area (Å²) in [4.78, 5) is 12.5. The van der Waals surface area contributed by atoms with Gasteiger partial charge in [0, 0.05) is 17.5 Å². The molecular formula is C23H33N2O3+. The van der Waals surface area contributed by atoms with E-state index in [1.54, 1.807) is 32.4 Å². The van der Waals surface area contributed by atoms with Gasteiger partial charge in [0.15, 0.2) is 6.54 Å². The molecule has 1 atom stereocenters. The van der Waals surface area contributed by atoms with E-state index in [-0.39, 0.29) is 11.9 Å². The molecule has 0 aliphatic heterocycles. The summed E-state index contributed by atoms with van der Waals surface area (Å²) in [7, 11) is 3.18. The van der Waals surface area contributed by atoms with E-state index in [1.165, 1.54) is 11.1 Å². The Hall–Kier alpha value is -2.53. The van der Waals surface area contributed by atoms with Gasteiger partial charge in [-0.25, -0.2) is 0 Å². The molecule has 0 aliphatic carbocycles. The molecule has 2 aromatic rings. The van der Waals surface area contributed by atoms with Crippen LogP contribution in [0.5, 0.6) is 11.5 Å². The first-order chi connectivity index (χ1) is 13.3. The summed E-state index contributed by atoms with van der Waals surface area (Å²) in [6, 6.07) is 14.3. The molecule has 0 saturated carbocycles. The van der Waals surface area contributed by atoms with Crippen LogP contribution in [0.4, 0.5) is 5.69 Å². The van der Waals surface area contributed by atoms with Crippen LogP contribution in [-0.2, 0) is 4.79 Å². The molecule has 2 aromatic carbocycles. The summed E-state index contributed by atoms with van der Waals surface area (Å²) in [5, 5.41) is 5.03. The molecule has 0 aliphatic rings. The average Bonchev–Trinajstić information content (AvgIpc) is 2.68. The van der Waals surface area contributed by atoms with Crippen LogP contribution in [0.2, 0.25) is 0 Å². The molecule has 0 radical (unpaired) electrons. The fourth-order valence-corrected chi connectivity index (χ4v) is 3.24. The second-order valence-electron chi connectivity index (χ2n) is 7.65. The van der Waals surface area contributed by atoms with Gasteiger partial charge in [0.25, 0.3) is 5.91 Å². The van der Waals surface area contributed by atoms with Gasteiger partial charge in [-0.15, -0.1) is 0 Å². The first-order valence-corrected chi connectivity index (χ1v) is 9.80. The lowest BCUT2D eigenvalue weighted by Gasteiger charge is -2.20. The molecule has 5 heteroatoms. The predicted octanol–water partition coefficient (Wildman–Crippen LogP) is 3.73. The number of quaternary nitrogens is 1. The first-order valence-electron chi connectivity index (χ1n) is 9.80. The van der Waals surface area contributed by atoms with Gasteiger partial charge in [0.1, 0.15) is 17.5 Å². The van der Waals surface area contributed by atoms with Crippen LogP contribution in [0.15, 0.2) is 42.5 Å². The maximum absolute atomic E-state index is 12.5. The topological polar surface area (TPSA) is 64.2 Å². The zero-order valence-electron chi connectivity index (χ0n) is 17.8. The van der Waals surface area contributed by atoms with Gasteiger partial charge in [-0.05, 0) is 23.6 Å². The lowest BCUT2D eigenvalue weighted by atomic mass is 9.93. The Bertz CT molecular complexity index is 770. The zero-order valence-corrected chi connectivity index (χ0v) is 17.8. The fourth-order valence-electron chi connectivity index (χ4n) is 3.24. The van der Waals surface area contributed by atoms with Crippen molar-refractivity contribution in [1.29, 1.82) is 0 Å². The van der Waals surface area contributed by atoms with Gasteiger partial charge >= 0.3 is 0 Å². The van der Waals surface area contributed by atoms with Crippen molar-refractivity contribution in [2.24, 2.45) is 5.92 Å². The predicted molar refractivity (Wildman–Crippen MR) is 113 cm³/mol. The number of methoxy groups -OCH3 is 2. The van der Waals surface area contributed by atoms with Crippen LogP contribution < -0.4 is 20.1 Å². The van der Waals surface area contributed by atoms with Crippen molar-refractivity contribution in [3.05, 3.63) is 53.6 Å². The zero-order chi connectivity index (χ0) is 20.7. The van der Waals surface area contributed by atoms with E-state index in [4.69, 9.17) is 9.47 Å². The molecule has 0 spiro atoms. The lowest BCUT2D eigenvalue weighted by molar-refractivity contribution is -0.692. The Labute approximate surface area is 168 Å². The van der Waals surface area contributed by atoms with E-state index >= 15 is 0 Å². The van der Waals surface area contributed by atoms with Crippen LogP contribution in [-0.4, -0.2) is 26.7 Å². The van der Waals surface area contributed by atoms with Gasteiger partial charge < -0.3 is 20.1 Å². The number of rotatable bonds is 9. The summed E-state index contributed by atoms with van der Waals surface area (Å²) in [5.74, 6) is 2.13. The number of carbonyl (C=O) groups excluding carboxylic acids is 1. The minimum absolute atomic E-state index is 0.0731. The maximum atomic E-state index is 12.5. The Morgan fingerprint density at radius 2 is 1.61 bits per heavy atom. The highest BCUT2D eigenvalue weighted by molar-refractivity contribution is 5.93. The molecule has 0 unspecified atom stereocenters. The second kappa shape index (κ2) is 10.1. The van der Waals surface area contributed by atoms with Crippen LogP contribution in [0.1, 0.15) is 50.8 Å². The minimum atomic E-state index is -0.0731. The normalized spacial score (nSPS) is 12.1. The number of carbonyl (C=O) groups is 1. The molecule has 0 heterocycles. The van der Waals surface area contributed by atoms with Crippen LogP contribution in [0.3, 0.4) is 0 Å². The number of nitrogens with two attached hydrogens (primary N) is 1.